The van der Waals surface area contributed by atoms with Crippen LogP contribution in [0.1, 0.15) is 36.6 Å². The minimum absolute atomic E-state index is 0.0446. The van der Waals surface area contributed by atoms with E-state index in [-0.39, 0.29) is 18.0 Å². The van der Waals surface area contributed by atoms with Crippen molar-refractivity contribution in [1.82, 2.24) is 14.5 Å². The second-order valence-corrected chi connectivity index (χ2v) is 9.94. The van der Waals surface area contributed by atoms with E-state index in [9.17, 15) is 13.2 Å². The molecule has 162 valence electrons. The first-order valence-corrected chi connectivity index (χ1v) is 11.8. The van der Waals surface area contributed by atoms with Gasteiger partial charge in [-0.05, 0) is 56.5 Å². The molecule has 6 nitrogen and oxygen atoms in total. The average molecular weight is 430 g/mol. The van der Waals surface area contributed by atoms with E-state index in [1.807, 2.05) is 69.0 Å². The average Bonchev–Trinajstić information content (AvgIpc) is 2.75. The summed E-state index contributed by atoms with van der Waals surface area (Å²) in [4.78, 5) is 15.1. The molecule has 1 N–H and O–H groups in total. The number of hydrogen-bond acceptors (Lipinski definition) is 4. The summed E-state index contributed by atoms with van der Waals surface area (Å²) in [5, 5.41) is 3.06. The summed E-state index contributed by atoms with van der Waals surface area (Å²) in [5.74, 6) is -0.0446. The van der Waals surface area contributed by atoms with Crippen molar-refractivity contribution in [2.45, 2.75) is 44.7 Å². The quantitative estimate of drug-likeness (QED) is 0.767. The van der Waals surface area contributed by atoms with Crippen LogP contribution in [-0.4, -0.2) is 55.8 Å². The zero-order valence-corrected chi connectivity index (χ0v) is 18.9. The number of sulfonamides is 1. The summed E-state index contributed by atoms with van der Waals surface area (Å²) >= 11 is 0. The molecule has 1 fully saturated rings. The smallest absolute Gasteiger partial charge is 0.243 e. The number of nitrogens with one attached hydrogen (secondary N) is 1. The van der Waals surface area contributed by atoms with Gasteiger partial charge >= 0.3 is 0 Å². The van der Waals surface area contributed by atoms with Gasteiger partial charge in [-0.1, -0.05) is 36.4 Å². The van der Waals surface area contributed by atoms with E-state index in [0.717, 1.165) is 16.7 Å². The van der Waals surface area contributed by atoms with Crippen LogP contribution in [-0.2, 0) is 14.8 Å². The number of carbonyl (C=O) groups excluding carboxylic acids is 1. The molecule has 3 rings (SSSR count). The van der Waals surface area contributed by atoms with Gasteiger partial charge in [0.25, 0.3) is 0 Å². The number of aryl methyl sites for hydroxylation is 2. The van der Waals surface area contributed by atoms with Gasteiger partial charge in [-0.3, -0.25) is 9.69 Å². The first-order chi connectivity index (χ1) is 14.2. The number of rotatable bonds is 6. The summed E-state index contributed by atoms with van der Waals surface area (Å²) in [6.07, 6.45) is 0. The van der Waals surface area contributed by atoms with Crippen LogP contribution < -0.4 is 5.32 Å². The molecule has 0 saturated carbocycles. The number of hydrogen-bond donors (Lipinski definition) is 1. The van der Waals surface area contributed by atoms with Crippen LogP contribution >= 0.6 is 0 Å². The first-order valence-electron chi connectivity index (χ1n) is 10.4. The maximum atomic E-state index is 13.0. The first kappa shape index (κ1) is 22.5. The number of piperazine rings is 1. The molecule has 2 aromatic carbocycles. The summed E-state index contributed by atoms with van der Waals surface area (Å²) in [6, 6.07) is 14.7. The Bertz CT molecular complexity index is 984. The number of nitrogens with zero attached hydrogens (tertiary/aromatic N) is 2. The molecule has 2 atom stereocenters. The Kier molecular flexibility index (Phi) is 6.95. The lowest BCUT2D eigenvalue weighted by atomic mass is 10.1. The normalized spacial score (nSPS) is 18.0. The van der Waals surface area contributed by atoms with Crippen LogP contribution in [0.2, 0.25) is 0 Å². The minimum Gasteiger partial charge on any atom is -0.348 e. The molecule has 1 amide bonds. The summed E-state index contributed by atoms with van der Waals surface area (Å²) < 4.78 is 27.5. The Hall–Kier alpha value is -2.22. The molecule has 0 aliphatic carbocycles. The van der Waals surface area contributed by atoms with E-state index in [1.54, 1.807) is 12.1 Å². The zero-order chi connectivity index (χ0) is 21.9. The van der Waals surface area contributed by atoms with Gasteiger partial charge in [0.15, 0.2) is 0 Å². The standard InChI is InChI=1S/C23H31N3O3S/c1-17-10-11-22(16-18(17)2)30(28,29)26-14-12-25(13-15-26)20(4)23(27)24-19(3)21-8-6-5-7-9-21/h5-11,16,19-20H,12-15H2,1-4H3,(H,24,27). The molecule has 30 heavy (non-hydrogen) atoms. The zero-order valence-electron chi connectivity index (χ0n) is 18.1. The summed E-state index contributed by atoms with van der Waals surface area (Å²) in [6.45, 7) is 9.53. The predicted molar refractivity (Wildman–Crippen MR) is 119 cm³/mol. The summed E-state index contributed by atoms with van der Waals surface area (Å²) in [7, 11) is -3.52. The molecule has 0 aromatic heterocycles. The van der Waals surface area contributed by atoms with Crippen molar-refractivity contribution in [3.05, 3.63) is 65.2 Å². The molecule has 2 unspecified atom stereocenters. The second kappa shape index (κ2) is 9.29. The lowest BCUT2D eigenvalue weighted by molar-refractivity contribution is -0.127. The topological polar surface area (TPSA) is 69.7 Å². The fourth-order valence-corrected chi connectivity index (χ4v) is 5.19. The Labute approximate surface area is 179 Å². The van der Waals surface area contributed by atoms with Gasteiger partial charge in [0.05, 0.1) is 17.0 Å². The second-order valence-electron chi connectivity index (χ2n) is 8.00. The SMILES string of the molecule is Cc1ccc(S(=O)(=O)N2CCN(C(C)C(=O)NC(C)c3ccccc3)CC2)cc1C. The van der Waals surface area contributed by atoms with Crippen molar-refractivity contribution in [3.63, 3.8) is 0 Å². The van der Waals surface area contributed by atoms with Crippen molar-refractivity contribution >= 4 is 15.9 Å². The predicted octanol–water partition coefficient (Wildman–Crippen LogP) is 2.88. The Morgan fingerprint density at radius 3 is 2.17 bits per heavy atom. The van der Waals surface area contributed by atoms with Crippen LogP contribution in [0, 0.1) is 13.8 Å². The molecule has 2 aromatic rings. The van der Waals surface area contributed by atoms with Crippen molar-refractivity contribution in [2.75, 3.05) is 26.2 Å². The maximum absolute atomic E-state index is 13.0. The molecule has 1 heterocycles. The monoisotopic (exact) mass is 429 g/mol. The summed E-state index contributed by atoms with van der Waals surface area (Å²) in [5.41, 5.74) is 3.10. The molecular weight excluding hydrogens is 398 g/mol. The van der Waals surface area contributed by atoms with Crippen LogP contribution in [0.15, 0.2) is 53.4 Å². The Balaban J connectivity index is 1.59. The lowest BCUT2D eigenvalue weighted by Gasteiger charge is -2.37. The van der Waals surface area contributed by atoms with E-state index in [1.165, 1.54) is 4.31 Å². The van der Waals surface area contributed by atoms with Gasteiger partial charge in [-0.15, -0.1) is 0 Å². The van der Waals surface area contributed by atoms with Crippen molar-refractivity contribution in [1.29, 1.82) is 0 Å². The lowest BCUT2D eigenvalue weighted by Crippen LogP contribution is -2.55. The number of benzene rings is 2. The van der Waals surface area contributed by atoms with E-state index in [2.05, 4.69) is 5.32 Å². The highest BCUT2D eigenvalue weighted by atomic mass is 32.2. The van der Waals surface area contributed by atoms with Gasteiger partial charge in [0.1, 0.15) is 0 Å². The van der Waals surface area contributed by atoms with Gasteiger partial charge in [-0.25, -0.2) is 8.42 Å². The number of amides is 1. The molecular formula is C23H31N3O3S. The van der Waals surface area contributed by atoms with Crippen molar-refractivity contribution in [2.24, 2.45) is 0 Å². The fraction of sp³-hybridized carbons (Fsp3) is 0.435. The van der Waals surface area contributed by atoms with Crippen LogP contribution in [0.4, 0.5) is 0 Å². The molecule has 7 heteroatoms. The highest BCUT2D eigenvalue weighted by Crippen LogP contribution is 2.21. The van der Waals surface area contributed by atoms with Crippen molar-refractivity contribution in [3.8, 4) is 0 Å². The molecule has 0 radical (unpaired) electrons. The third kappa shape index (κ3) is 4.91. The van der Waals surface area contributed by atoms with Gasteiger partial charge in [0.2, 0.25) is 15.9 Å². The largest absolute Gasteiger partial charge is 0.348 e. The van der Waals surface area contributed by atoms with Gasteiger partial charge in [0, 0.05) is 26.2 Å². The molecule has 1 saturated heterocycles. The minimum atomic E-state index is -3.52. The molecule has 1 aliphatic heterocycles. The number of carbonyl (C=O) groups is 1. The van der Waals surface area contributed by atoms with Gasteiger partial charge < -0.3 is 5.32 Å². The molecule has 1 aliphatic rings. The van der Waals surface area contributed by atoms with E-state index < -0.39 is 10.0 Å². The molecule has 0 spiro atoms. The van der Waals surface area contributed by atoms with Crippen molar-refractivity contribution < 1.29 is 13.2 Å². The van der Waals surface area contributed by atoms with Crippen LogP contribution in [0.3, 0.4) is 0 Å². The van der Waals surface area contributed by atoms with E-state index in [0.29, 0.717) is 31.1 Å². The maximum Gasteiger partial charge on any atom is 0.243 e. The fourth-order valence-electron chi connectivity index (χ4n) is 3.68. The third-order valence-corrected chi connectivity index (χ3v) is 7.87. The van der Waals surface area contributed by atoms with Gasteiger partial charge in [-0.2, -0.15) is 4.31 Å². The highest BCUT2D eigenvalue weighted by Gasteiger charge is 2.32. The van der Waals surface area contributed by atoms with E-state index >= 15 is 0 Å². The molecule has 0 bridgehead atoms. The van der Waals surface area contributed by atoms with E-state index in [4.69, 9.17) is 0 Å². The van der Waals surface area contributed by atoms with Crippen LogP contribution in [0.25, 0.3) is 0 Å². The van der Waals surface area contributed by atoms with Crippen LogP contribution in [0.5, 0.6) is 0 Å². The Morgan fingerprint density at radius 1 is 0.933 bits per heavy atom. The highest BCUT2D eigenvalue weighted by molar-refractivity contribution is 7.89. The third-order valence-electron chi connectivity index (χ3n) is 5.97. The Morgan fingerprint density at radius 2 is 1.57 bits per heavy atom.